The van der Waals surface area contributed by atoms with Crippen LogP contribution in [0.3, 0.4) is 0 Å². The Kier molecular flexibility index (Phi) is 10.1. The van der Waals surface area contributed by atoms with Gasteiger partial charge in [0.1, 0.15) is 0 Å². The van der Waals surface area contributed by atoms with E-state index in [9.17, 15) is 0 Å². The van der Waals surface area contributed by atoms with Crippen LogP contribution in [0.5, 0.6) is 0 Å². The van der Waals surface area contributed by atoms with Gasteiger partial charge in [0.2, 0.25) is 0 Å². The molecule has 0 aromatic heterocycles. The van der Waals surface area contributed by atoms with E-state index in [0.717, 1.165) is 58.9 Å². The molecule has 0 N–H and O–H groups in total. The predicted octanol–water partition coefficient (Wildman–Crippen LogP) is 3.17. The molecule has 1 rings (SSSR count). The first kappa shape index (κ1) is 19.1. The lowest BCUT2D eigenvalue weighted by atomic mass is 10.2. The summed E-state index contributed by atoms with van der Waals surface area (Å²) in [5.41, 5.74) is 1.42. The van der Waals surface area contributed by atoms with E-state index in [1.807, 2.05) is 0 Å². The molecule has 0 aliphatic carbocycles. The van der Waals surface area contributed by atoms with Crippen LogP contribution in [0.1, 0.15) is 33.3 Å². The van der Waals surface area contributed by atoms with Crippen LogP contribution >= 0.6 is 0 Å². The third-order valence-corrected chi connectivity index (χ3v) is 4.50. The van der Waals surface area contributed by atoms with Gasteiger partial charge >= 0.3 is 0 Å². The lowest BCUT2D eigenvalue weighted by Crippen LogP contribution is -2.39. The van der Waals surface area contributed by atoms with Crippen LogP contribution in [0.25, 0.3) is 0 Å². The van der Waals surface area contributed by atoms with Gasteiger partial charge in [-0.15, -0.1) is 0 Å². The summed E-state index contributed by atoms with van der Waals surface area (Å²) >= 11 is 0. The van der Waals surface area contributed by atoms with Crippen LogP contribution in [-0.4, -0.2) is 67.1 Å². The highest BCUT2D eigenvalue weighted by atomic mass is 15.2. The molecule has 1 aromatic rings. The highest BCUT2D eigenvalue weighted by molar-refractivity contribution is 5.14. The summed E-state index contributed by atoms with van der Waals surface area (Å²) in [6.07, 6.45) is 0. The highest BCUT2D eigenvalue weighted by Gasteiger charge is 2.10. The molecule has 0 heterocycles. The van der Waals surface area contributed by atoms with Gasteiger partial charge in [-0.05, 0) is 31.7 Å². The Labute approximate surface area is 137 Å². The first-order valence-electron chi connectivity index (χ1n) is 8.94. The lowest BCUT2D eigenvalue weighted by Gasteiger charge is -2.28. The zero-order chi connectivity index (χ0) is 16.2. The van der Waals surface area contributed by atoms with Crippen LogP contribution in [0, 0.1) is 0 Å². The van der Waals surface area contributed by atoms with Crippen molar-refractivity contribution in [3.05, 3.63) is 35.9 Å². The molecule has 22 heavy (non-hydrogen) atoms. The van der Waals surface area contributed by atoms with Gasteiger partial charge in [0.05, 0.1) is 0 Å². The lowest BCUT2D eigenvalue weighted by molar-refractivity contribution is 0.180. The Morgan fingerprint density at radius 3 is 1.41 bits per heavy atom. The third kappa shape index (κ3) is 7.39. The smallest absolute Gasteiger partial charge is 0.0234 e. The quantitative estimate of drug-likeness (QED) is 0.587. The molecule has 0 bridgehead atoms. The maximum atomic E-state index is 2.60. The van der Waals surface area contributed by atoms with Crippen molar-refractivity contribution in [3.8, 4) is 0 Å². The largest absolute Gasteiger partial charge is 0.303 e. The van der Waals surface area contributed by atoms with Gasteiger partial charge in [-0.1, -0.05) is 58.0 Å². The van der Waals surface area contributed by atoms with Crippen molar-refractivity contribution in [1.82, 2.24) is 14.7 Å². The topological polar surface area (TPSA) is 9.72 Å². The van der Waals surface area contributed by atoms with Crippen LogP contribution in [0.4, 0.5) is 0 Å². The van der Waals surface area contributed by atoms with Crippen LogP contribution in [-0.2, 0) is 6.54 Å². The number of benzene rings is 1. The van der Waals surface area contributed by atoms with E-state index in [2.05, 4.69) is 72.7 Å². The summed E-state index contributed by atoms with van der Waals surface area (Å²) in [6.45, 7) is 19.3. The van der Waals surface area contributed by atoms with Crippen molar-refractivity contribution in [2.24, 2.45) is 0 Å². The fraction of sp³-hybridized carbons (Fsp3) is 0.684. The Hall–Kier alpha value is -0.900. The van der Waals surface area contributed by atoms with E-state index in [1.54, 1.807) is 0 Å². The average molecular weight is 306 g/mol. The van der Waals surface area contributed by atoms with Crippen molar-refractivity contribution in [2.75, 3.05) is 52.4 Å². The normalized spacial score (nSPS) is 11.8. The first-order valence-corrected chi connectivity index (χ1v) is 8.94. The molecule has 0 fully saturated rings. The number of nitrogens with zero attached hydrogens (tertiary/aromatic N) is 3. The summed E-state index contributed by atoms with van der Waals surface area (Å²) in [5, 5.41) is 0. The second kappa shape index (κ2) is 11.6. The fourth-order valence-corrected chi connectivity index (χ4v) is 2.76. The van der Waals surface area contributed by atoms with Crippen molar-refractivity contribution in [2.45, 2.75) is 34.2 Å². The summed E-state index contributed by atoms with van der Waals surface area (Å²) in [7, 11) is 0. The van der Waals surface area contributed by atoms with Crippen molar-refractivity contribution >= 4 is 0 Å². The van der Waals surface area contributed by atoms with Crippen molar-refractivity contribution in [1.29, 1.82) is 0 Å². The Morgan fingerprint density at radius 2 is 1.00 bits per heavy atom. The van der Waals surface area contributed by atoms with Crippen LogP contribution < -0.4 is 0 Å². The number of hydrogen-bond donors (Lipinski definition) is 0. The second-order valence-electron chi connectivity index (χ2n) is 5.82. The predicted molar refractivity (Wildman–Crippen MR) is 97.3 cm³/mol. The zero-order valence-electron chi connectivity index (χ0n) is 15.1. The van der Waals surface area contributed by atoms with E-state index in [4.69, 9.17) is 0 Å². The van der Waals surface area contributed by atoms with Gasteiger partial charge in [0.15, 0.2) is 0 Å². The average Bonchev–Trinajstić information content (AvgIpc) is 2.57. The third-order valence-electron chi connectivity index (χ3n) is 4.50. The van der Waals surface area contributed by atoms with E-state index in [0.29, 0.717) is 0 Å². The molecule has 0 aliphatic rings. The molecule has 126 valence electrons. The Bertz CT molecular complexity index is 342. The maximum absolute atomic E-state index is 2.60. The molecule has 3 heteroatoms. The molecule has 0 atom stereocenters. The molecular formula is C19H35N3. The van der Waals surface area contributed by atoms with Gasteiger partial charge in [-0.3, -0.25) is 4.90 Å². The SMILES string of the molecule is CCN(CC)CCN(CCN(CC)CC)Cc1ccccc1. The fourth-order valence-electron chi connectivity index (χ4n) is 2.76. The molecule has 3 nitrogen and oxygen atoms in total. The number of hydrogen-bond acceptors (Lipinski definition) is 3. The first-order chi connectivity index (χ1) is 10.7. The Morgan fingerprint density at radius 1 is 0.591 bits per heavy atom. The van der Waals surface area contributed by atoms with E-state index >= 15 is 0 Å². The minimum Gasteiger partial charge on any atom is -0.303 e. The molecule has 1 aromatic carbocycles. The monoisotopic (exact) mass is 305 g/mol. The molecule has 0 saturated heterocycles. The van der Waals surface area contributed by atoms with E-state index < -0.39 is 0 Å². The highest BCUT2D eigenvalue weighted by Crippen LogP contribution is 2.05. The summed E-state index contributed by atoms with van der Waals surface area (Å²) in [5.74, 6) is 0. The van der Waals surface area contributed by atoms with Crippen molar-refractivity contribution in [3.63, 3.8) is 0 Å². The molecule has 0 radical (unpaired) electrons. The molecule has 0 unspecified atom stereocenters. The Balaban J connectivity index is 2.55. The minimum atomic E-state index is 1.06. The van der Waals surface area contributed by atoms with Crippen molar-refractivity contribution < 1.29 is 0 Å². The molecule has 0 amide bonds. The standard InChI is InChI=1S/C19H35N3/c1-5-20(6-2)14-16-22(17-15-21(7-3)8-4)18-19-12-10-9-11-13-19/h9-13H,5-8,14-18H2,1-4H3. The van der Waals surface area contributed by atoms with Crippen LogP contribution in [0.15, 0.2) is 30.3 Å². The summed E-state index contributed by atoms with van der Waals surface area (Å²) in [4.78, 5) is 7.62. The number of likely N-dealkylation sites (N-methyl/N-ethyl adjacent to an activating group) is 2. The molecular weight excluding hydrogens is 270 g/mol. The van der Waals surface area contributed by atoms with Crippen LogP contribution in [0.2, 0.25) is 0 Å². The molecule has 0 saturated carbocycles. The van der Waals surface area contributed by atoms with E-state index in [-0.39, 0.29) is 0 Å². The van der Waals surface area contributed by atoms with Gasteiger partial charge in [-0.2, -0.15) is 0 Å². The molecule has 0 aliphatic heterocycles. The summed E-state index contributed by atoms with van der Waals surface area (Å²) in [6, 6.07) is 10.9. The second-order valence-corrected chi connectivity index (χ2v) is 5.82. The zero-order valence-corrected chi connectivity index (χ0v) is 15.1. The minimum absolute atomic E-state index is 1.06. The van der Waals surface area contributed by atoms with E-state index in [1.165, 1.54) is 5.56 Å². The van der Waals surface area contributed by atoms with Gasteiger partial charge in [0.25, 0.3) is 0 Å². The number of rotatable bonds is 12. The van der Waals surface area contributed by atoms with Gasteiger partial charge < -0.3 is 9.80 Å². The van der Waals surface area contributed by atoms with Gasteiger partial charge in [-0.25, -0.2) is 0 Å². The van der Waals surface area contributed by atoms with Gasteiger partial charge in [0, 0.05) is 32.7 Å². The maximum Gasteiger partial charge on any atom is 0.0234 e. The summed E-state index contributed by atoms with van der Waals surface area (Å²) < 4.78 is 0. The molecule has 0 spiro atoms.